The number of para-hydroxylation sites is 1. The van der Waals surface area contributed by atoms with E-state index in [1.807, 2.05) is 0 Å². The Kier molecular flexibility index (Phi) is 4.17. The van der Waals surface area contributed by atoms with Gasteiger partial charge in [0.05, 0.1) is 18.4 Å². The molecule has 28 heavy (non-hydrogen) atoms. The maximum absolute atomic E-state index is 13.9. The molecule has 4 aromatic rings. The Balaban J connectivity index is 1.83. The molecule has 5 nitrogen and oxygen atoms in total. The van der Waals surface area contributed by atoms with Crippen LogP contribution in [-0.2, 0) is 6.54 Å². The smallest absolute Gasteiger partial charge is 0.264 e. The predicted molar refractivity (Wildman–Crippen MR) is 88.5 cm³/mol. The van der Waals surface area contributed by atoms with E-state index in [9.17, 15) is 26.7 Å². The monoisotopic (exact) mass is 392 g/mol. The Morgan fingerprint density at radius 2 is 1.46 bits per heavy atom. The number of nitrogens with zero attached hydrogens (tertiary/aromatic N) is 4. The van der Waals surface area contributed by atoms with Gasteiger partial charge in [0.25, 0.3) is 5.56 Å². The van der Waals surface area contributed by atoms with Crippen LogP contribution in [0.5, 0.6) is 0 Å². The quantitative estimate of drug-likeness (QED) is 0.305. The van der Waals surface area contributed by atoms with Gasteiger partial charge in [-0.05, 0) is 12.1 Å². The van der Waals surface area contributed by atoms with E-state index >= 15 is 0 Å². The van der Waals surface area contributed by atoms with Gasteiger partial charge >= 0.3 is 0 Å². The van der Waals surface area contributed by atoms with Gasteiger partial charge in [-0.1, -0.05) is 18.2 Å². The summed E-state index contributed by atoms with van der Waals surface area (Å²) in [6.07, 6.45) is 2.18. The maximum Gasteiger partial charge on any atom is 0.264 e. The van der Waals surface area contributed by atoms with E-state index < -0.39 is 46.8 Å². The van der Waals surface area contributed by atoms with E-state index in [2.05, 4.69) is 10.1 Å². The van der Waals surface area contributed by atoms with Gasteiger partial charge in [-0.25, -0.2) is 31.6 Å². The van der Waals surface area contributed by atoms with E-state index in [-0.39, 0.29) is 11.0 Å². The van der Waals surface area contributed by atoms with Crippen LogP contribution in [-0.4, -0.2) is 19.3 Å². The zero-order chi connectivity index (χ0) is 20.0. The first-order chi connectivity index (χ1) is 13.4. The normalized spacial score (nSPS) is 11.3. The number of hydrogen-bond donors (Lipinski definition) is 0. The summed E-state index contributed by atoms with van der Waals surface area (Å²) >= 11 is 0. The summed E-state index contributed by atoms with van der Waals surface area (Å²) < 4.78 is 69.8. The number of aromatic nitrogens is 4. The molecule has 0 N–H and O–H groups in total. The predicted octanol–water partition coefficient (Wildman–Crippen LogP) is 3.33. The first kappa shape index (κ1) is 17.8. The molecule has 0 aliphatic carbocycles. The molecule has 142 valence electrons. The van der Waals surface area contributed by atoms with Gasteiger partial charge in [-0.15, -0.1) is 0 Å². The average molecular weight is 392 g/mol. The van der Waals surface area contributed by atoms with Crippen LogP contribution in [0, 0.1) is 29.1 Å². The van der Waals surface area contributed by atoms with Crippen LogP contribution in [0.2, 0.25) is 0 Å². The van der Waals surface area contributed by atoms with E-state index in [0.29, 0.717) is 5.69 Å². The largest absolute Gasteiger partial charge is 0.294 e. The van der Waals surface area contributed by atoms with Crippen molar-refractivity contribution in [3.8, 4) is 5.69 Å². The van der Waals surface area contributed by atoms with Gasteiger partial charge in [-0.3, -0.25) is 9.36 Å². The third-order valence-corrected chi connectivity index (χ3v) is 4.18. The van der Waals surface area contributed by atoms with Crippen LogP contribution in [0.25, 0.3) is 16.7 Å². The molecule has 0 aliphatic rings. The van der Waals surface area contributed by atoms with Crippen molar-refractivity contribution in [1.82, 2.24) is 19.3 Å². The van der Waals surface area contributed by atoms with Crippen LogP contribution >= 0.6 is 0 Å². The van der Waals surface area contributed by atoms with Gasteiger partial charge in [0.15, 0.2) is 28.9 Å². The van der Waals surface area contributed by atoms with Crippen LogP contribution in [0.4, 0.5) is 22.0 Å². The van der Waals surface area contributed by atoms with Gasteiger partial charge in [0, 0.05) is 5.56 Å². The Bertz CT molecular complexity index is 1240. The molecule has 0 spiro atoms. The number of hydrogen-bond acceptors (Lipinski definition) is 3. The molecule has 0 saturated carbocycles. The molecule has 4 rings (SSSR count). The third-order valence-electron chi connectivity index (χ3n) is 4.18. The fourth-order valence-corrected chi connectivity index (χ4v) is 2.78. The summed E-state index contributed by atoms with van der Waals surface area (Å²) in [7, 11) is 0. The number of fused-ring (bicyclic) bond motifs is 1. The highest BCUT2D eigenvalue weighted by atomic mass is 19.2. The van der Waals surface area contributed by atoms with Crippen LogP contribution in [0.1, 0.15) is 5.56 Å². The van der Waals surface area contributed by atoms with Crippen molar-refractivity contribution in [3.63, 3.8) is 0 Å². The summed E-state index contributed by atoms with van der Waals surface area (Å²) in [5.74, 6) is -10.4. The number of benzene rings is 2. The van der Waals surface area contributed by atoms with Crippen molar-refractivity contribution < 1.29 is 22.0 Å². The lowest BCUT2D eigenvalue weighted by Crippen LogP contribution is -2.23. The van der Waals surface area contributed by atoms with E-state index in [0.717, 1.165) is 10.9 Å². The lowest BCUT2D eigenvalue weighted by molar-refractivity contribution is 0.367. The molecule has 0 bridgehead atoms. The molecule has 2 heterocycles. The molecule has 0 radical (unpaired) electrons. The lowest BCUT2D eigenvalue weighted by atomic mass is 10.1. The van der Waals surface area contributed by atoms with Gasteiger partial charge < -0.3 is 0 Å². The van der Waals surface area contributed by atoms with E-state index in [1.165, 1.54) is 10.9 Å². The maximum atomic E-state index is 13.9. The molecule has 10 heteroatoms. The topological polar surface area (TPSA) is 52.7 Å². The molecule has 0 saturated heterocycles. The molecular weight excluding hydrogens is 383 g/mol. The van der Waals surface area contributed by atoms with Crippen molar-refractivity contribution in [3.05, 3.63) is 87.9 Å². The van der Waals surface area contributed by atoms with Crippen LogP contribution < -0.4 is 5.56 Å². The zero-order valence-electron chi connectivity index (χ0n) is 13.8. The Hall–Kier alpha value is -3.56. The molecule has 0 unspecified atom stereocenters. The highest BCUT2D eigenvalue weighted by Crippen LogP contribution is 2.23. The third kappa shape index (κ3) is 2.65. The number of halogens is 5. The van der Waals surface area contributed by atoms with E-state index in [1.54, 1.807) is 30.3 Å². The fourth-order valence-electron chi connectivity index (χ4n) is 2.78. The van der Waals surface area contributed by atoms with Crippen molar-refractivity contribution in [2.75, 3.05) is 0 Å². The van der Waals surface area contributed by atoms with Crippen molar-refractivity contribution in [2.45, 2.75) is 6.54 Å². The van der Waals surface area contributed by atoms with Gasteiger partial charge in [0.1, 0.15) is 11.7 Å². The molecule has 2 aromatic carbocycles. The van der Waals surface area contributed by atoms with Crippen molar-refractivity contribution in [1.29, 1.82) is 0 Å². The summed E-state index contributed by atoms with van der Waals surface area (Å²) in [6, 6.07) is 8.77. The molecule has 0 amide bonds. The van der Waals surface area contributed by atoms with E-state index in [4.69, 9.17) is 0 Å². The molecule has 2 aromatic heterocycles. The SMILES string of the molecule is O=c1c2cnn(-c3ccccc3)c2ncn1Cc1c(F)c(F)c(F)c(F)c1F. The van der Waals surface area contributed by atoms with Crippen molar-refractivity contribution in [2.24, 2.45) is 0 Å². The van der Waals surface area contributed by atoms with Crippen molar-refractivity contribution >= 4 is 11.0 Å². The second-order valence-corrected chi connectivity index (χ2v) is 5.86. The summed E-state index contributed by atoms with van der Waals surface area (Å²) in [6.45, 7) is -0.885. The first-order valence-corrected chi connectivity index (χ1v) is 7.89. The summed E-state index contributed by atoms with van der Waals surface area (Å²) in [4.78, 5) is 16.7. The van der Waals surface area contributed by atoms with Gasteiger partial charge in [-0.2, -0.15) is 5.10 Å². The molecular formula is C18H9F5N4O. The Morgan fingerprint density at radius 1 is 0.857 bits per heavy atom. The van der Waals surface area contributed by atoms with Crippen LogP contribution in [0.15, 0.2) is 47.7 Å². The molecule has 0 fully saturated rings. The highest BCUT2D eigenvalue weighted by Gasteiger charge is 2.26. The summed E-state index contributed by atoms with van der Waals surface area (Å²) in [5, 5.41) is 4.10. The zero-order valence-corrected chi connectivity index (χ0v) is 13.8. The van der Waals surface area contributed by atoms with Crippen LogP contribution in [0.3, 0.4) is 0 Å². The Morgan fingerprint density at radius 3 is 2.11 bits per heavy atom. The minimum absolute atomic E-state index is 0.0234. The fraction of sp³-hybridized carbons (Fsp3) is 0.0556. The average Bonchev–Trinajstić information content (AvgIpc) is 3.15. The standard InChI is InChI=1S/C18H9F5N4O/c19-12-11(13(20)15(22)16(23)14(12)21)7-26-8-24-17-10(18(26)28)6-25-27(17)9-4-2-1-3-5-9/h1-6,8H,7H2. The van der Waals surface area contributed by atoms with Gasteiger partial charge in [0.2, 0.25) is 5.82 Å². The minimum atomic E-state index is -2.26. The number of rotatable bonds is 3. The molecule has 0 atom stereocenters. The Labute approximate surface area is 153 Å². The summed E-state index contributed by atoms with van der Waals surface area (Å²) in [5.41, 5.74) is -1.06. The second-order valence-electron chi connectivity index (χ2n) is 5.86. The molecule has 0 aliphatic heterocycles. The lowest BCUT2D eigenvalue weighted by Gasteiger charge is -2.10. The highest BCUT2D eigenvalue weighted by molar-refractivity contribution is 5.74. The minimum Gasteiger partial charge on any atom is -0.294 e. The first-order valence-electron chi connectivity index (χ1n) is 7.89. The second kappa shape index (κ2) is 6.55.